The third-order valence-electron chi connectivity index (χ3n) is 3.06. The van der Waals surface area contributed by atoms with E-state index in [0.717, 1.165) is 31.9 Å². The highest BCUT2D eigenvalue weighted by atomic mass is 32.1. The number of aliphatic hydroxyl groups is 1. The van der Waals surface area contributed by atoms with Crippen molar-refractivity contribution in [1.82, 2.24) is 4.90 Å². The topological polar surface area (TPSA) is 32.7 Å². The summed E-state index contributed by atoms with van der Waals surface area (Å²) in [4.78, 5) is 3.75. The molecule has 1 unspecified atom stereocenters. The quantitative estimate of drug-likeness (QED) is 0.844. The first-order valence-corrected chi connectivity index (χ1v) is 7.17. The zero-order valence-electron chi connectivity index (χ0n) is 10.7. The molecule has 1 N–H and O–H groups in total. The summed E-state index contributed by atoms with van der Waals surface area (Å²) in [5.41, 5.74) is 1.10. The Morgan fingerprint density at radius 1 is 1.61 bits per heavy atom. The number of morpholine rings is 1. The minimum Gasteiger partial charge on any atom is -0.395 e. The van der Waals surface area contributed by atoms with Crippen LogP contribution in [0.25, 0.3) is 0 Å². The van der Waals surface area contributed by atoms with Crippen molar-refractivity contribution in [3.8, 4) is 11.8 Å². The molecule has 0 amide bonds. The summed E-state index contributed by atoms with van der Waals surface area (Å²) >= 11 is 1.76. The van der Waals surface area contributed by atoms with Gasteiger partial charge in [-0.15, -0.1) is 11.3 Å². The average molecular weight is 265 g/mol. The molecule has 1 aromatic rings. The summed E-state index contributed by atoms with van der Waals surface area (Å²) in [6.45, 7) is 5.91. The molecular formula is C14H19NO2S. The normalized spacial score (nSPS) is 20.4. The lowest BCUT2D eigenvalue weighted by Gasteiger charge is -2.32. The van der Waals surface area contributed by atoms with E-state index < -0.39 is 0 Å². The van der Waals surface area contributed by atoms with E-state index in [-0.39, 0.29) is 6.61 Å². The maximum atomic E-state index is 8.74. The Morgan fingerprint density at radius 2 is 2.50 bits per heavy atom. The fourth-order valence-electron chi connectivity index (χ4n) is 1.97. The van der Waals surface area contributed by atoms with Gasteiger partial charge in [0.1, 0.15) is 0 Å². The SMILES string of the molecule is CC1COCCN1Cc1sccc1C#CCCO. The number of ether oxygens (including phenoxy) is 1. The minimum atomic E-state index is 0.132. The molecule has 3 nitrogen and oxygen atoms in total. The second-order valence-corrected chi connectivity index (χ2v) is 5.43. The van der Waals surface area contributed by atoms with Gasteiger partial charge < -0.3 is 9.84 Å². The molecule has 0 radical (unpaired) electrons. The second kappa shape index (κ2) is 6.91. The molecule has 98 valence electrons. The van der Waals surface area contributed by atoms with Crippen molar-refractivity contribution in [2.75, 3.05) is 26.4 Å². The van der Waals surface area contributed by atoms with Crippen molar-refractivity contribution in [2.45, 2.75) is 25.9 Å². The molecule has 0 aromatic carbocycles. The van der Waals surface area contributed by atoms with Crippen LogP contribution in [0.1, 0.15) is 23.8 Å². The summed E-state index contributed by atoms with van der Waals surface area (Å²) < 4.78 is 5.45. The van der Waals surface area contributed by atoms with Crippen LogP contribution >= 0.6 is 11.3 Å². The van der Waals surface area contributed by atoms with Crippen molar-refractivity contribution in [1.29, 1.82) is 0 Å². The van der Waals surface area contributed by atoms with E-state index in [2.05, 4.69) is 35.1 Å². The van der Waals surface area contributed by atoms with Crippen LogP contribution in [0.4, 0.5) is 0 Å². The number of rotatable bonds is 3. The molecule has 0 bridgehead atoms. The summed E-state index contributed by atoms with van der Waals surface area (Å²) in [6, 6.07) is 2.54. The monoisotopic (exact) mass is 265 g/mol. The number of hydrogen-bond acceptors (Lipinski definition) is 4. The lowest BCUT2D eigenvalue weighted by molar-refractivity contribution is -0.00393. The molecule has 1 fully saturated rings. The van der Waals surface area contributed by atoms with Gasteiger partial charge in [0, 0.05) is 36.0 Å². The molecule has 4 heteroatoms. The highest BCUT2D eigenvalue weighted by Crippen LogP contribution is 2.20. The Kier molecular flexibility index (Phi) is 5.21. The molecule has 1 aromatic heterocycles. The van der Waals surface area contributed by atoms with Crippen molar-refractivity contribution in [2.24, 2.45) is 0 Å². The van der Waals surface area contributed by atoms with Crippen LogP contribution in [0.15, 0.2) is 11.4 Å². The summed E-state index contributed by atoms with van der Waals surface area (Å²) in [5.74, 6) is 6.13. The van der Waals surface area contributed by atoms with E-state index in [0.29, 0.717) is 12.5 Å². The van der Waals surface area contributed by atoms with Crippen LogP contribution in [0.3, 0.4) is 0 Å². The smallest absolute Gasteiger partial charge is 0.0619 e. The fourth-order valence-corrected chi connectivity index (χ4v) is 2.82. The lowest BCUT2D eigenvalue weighted by atomic mass is 10.2. The van der Waals surface area contributed by atoms with Gasteiger partial charge in [-0.3, -0.25) is 4.90 Å². The van der Waals surface area contributed by atoms with E-state index in [1.54, 1.807) is 11.3 Å². The summed E-state index contributed by atoms with van der Waals surface area (Å²) in [6.07, 6.45) is 0.545. The van der Waals surface area contributed by atoms with Crippen molar-refractivity contribution < 1.29 is 9.84 Å². The number of aliphatic hydroxyl groups excluding tert-OH is 1. The van der Waals surface area contributed by atoms with Gasteiger partial charge >= 0.3 is 0 Å². The largest absolute Gasteiger partial charge is 0.395 e. The average Bonchev–Trinajstić information content (AvgIpc) is 2.80. The first-order valence-electron chi connectivity index (χ1n) is 6.29. The van der Waals surface area contributed by atoms with Crippen LogP contribution in [-0.2, 0) is 11.3 Å². The first kappa shape index (κ1) is 13.6. The Bertz CT molecular complexity index is 432. The predicted octanol–water partition coefficient (Wildman–Crippen LogP) is 1.70. The summed E-state index contributed by atoms with van der Waals surface area (Å²) in [7, 11) is 0. The Hall–Kier alpha value is -0.860. The second-order valence-electron chi connectivity index (χ2n) is 4.43. The standard InChI is InChI=1S/C14H19NO2S/c1-12-11-17-8-6-15(12)10-14-13(5-9-18-14)4-2-3-7-16/h5,9,12,16H,3,6-8,10-11H2,1H3. The molecule has 2 heterocycles. The molecule has 2 rings (SSSR count). The molecule has 18 heavy (non-hydrogen) atoms. The number of hydrogen-bond donors (Lipinski definition) is 1. The van der Waals surface area contributed by atoms with Gasteiger partial charge in [-0.2, -0.15) is 0 Å². The highest BCUT2D eigenvalue weighted by Gasteiger charge is 2.19. The van der Waals surface area contributed by atoms with E-state index in [1.807, 2.05) is 0 Å². The number of nitrogens with zero attached hydrogens (tertiary/aromatic N) is 1. The Balaban J connectivity index is 2.01. The maximum absolute atomic E-state index is 8.74. The van der Waals surface area contributed by atoms with Crippen molar-refractivity contribution in [3.63, 3.8) is 0 Å². The van der Waals surface area contributed by atoms with E-state index in [1.165, 1.54) is 4.88 Å². The van der Waals surface area contributed by atoms with Crippen LogP contribution in [-0.4, -0.2) is 42.4 Å². The van der Waals surface area contributed by atoms with E-state index >= 15 is 0 Å². The van der Waals surface area contributed by atoms with Gasteiger partial charge in [-0.1, -0.05) is 11.8 Å². The van der Waals surface area contributed by atoms with Gasteiger partial charge in [0.05, 0.1) is 19.8 Å². The fraction of sp³-hybridized carbons (Fsp3) is 0.571. The van der Waals surface area contributed by atoms with Crippen LogP contribution in [0.2, 0.25) is 0 Å². The molecule has 0 saturated carbocycles. The Morgan fingerprint density at radius 3 is 3.28 bits per heavy atom. The van der Waals surface area contributed by atoms with E-state index in [4.69, 9.17) is 9.84 Å². The Labute approximate surface area is 112 Å². The van der Waals surface area contributed by atoms with Gasteiger partial charge in [-0.05, 0) is 18.4 Å². The maximum Gasteiger partial charge on any atom is 0.0619 e. The van der Waals surface area contributed by atoms with E-state index in [9.17, 15) is 0 Å². The molecule has 0 spiro atoms. The molecule has 1 aliphatic heterocycles. The van der Waals surface area contributed by atoms with Gasteiger partial charge in [0.2, 0.25) is 0 Å². The molecule has 1 atom stereocenters. The van der Waals surface area contributed by atoms with Gasteiger partial charge in [0.15, 0.2) is 0 Å². The zero-order chi connectivity index (χ0) is 12.8. The lowest BCUT2D eigenvalue weighted by Crippen LogP contribution is -2.42. The predicted molar refractivity (Wildman–Crippen MR) is 73.6 cm³/mol. The van der Waals surface area contributed by atoms with Crippen LogP contribution < -0.4 is 0 Å². The molecule has 0 aliphatic carbocycles. The van der Waals surface area contributed by atoms with Gasteiger partial charge in [-0.25, -0.2) is 0 Å². The van der Waals surface area contributed by atoms with Crippen molar-refractivity contribution in [3.05, 3.63) is 21.9 Å². The zero-order valence-corrected chi connectivity index (χ0v) is 11.5. The summed E-state index contributed by atoms with van der Waals surface area (Å²) in [5, 5.41) is 10.8. The van der Waals surface area contributed by atoms with Crippen LogP contribution in [0.5, 0.6) is 0 Å². The molecule has 1 aliphatic rings. The minimum absolute atomic E-state index is 0.132. The third kappa shape index (κ3) is 3.56. The first-order chi connectivity index (χ1) is 8.81. The third-order valence-corrected chi connectivity index (χ3v) is 3.96. The highest BCUT2D eigenvalue weighted by molar-refractivity contribution is 7.10. The molecular weight excluding hydrogens is 246 g/mol. The van der Waals surface area contributed by atoms with Crippen molar-refractivity contribution >= 4 is 11.3 Å². The number of thiophene rings is 1. The molecule has 1 saturated heterocycles. The van der Waals surface area contributed by atoms with Gasteiger partial charge in [0.25, 0.3) is 0 Å². The van der Waals surface area contributed by atoms with Crippen LogP contribution in [0, 0.1) is 11.8 Å².